The van der Waals surface area contributed by atoms with Crippen molar-refractivity contribution < 1.29 is 33.1 Å². The summed E-state index contributed by atoms with van der Waals surface area (Å²) in [6.45, 7) is 5.70. The lowest BCUT2D eigenvalue weighted by molar-refractivity contribution is -0.805. The first-order chi connectivity index (χ1) is 19.8. The first-order valence-corrected chi connectivity index (χ1v) is 17.5. The van der Waals surface area contributed by atoms with Gasteiger partial charge in [-0.15, -0.1) is 0 Å². The molecule has 0 bridgehead atoms. The number of benzene rings is 3. The molecule has 1 aliphatic rings. The van der Waals surface area contributed by atoms with E-state index in [4.69, 9.17) is 13.8 Å². The molecule has 1 heterocycles. The number of alkyl carbamates (subject to hydrolysis) is 1. The van der Waals surface area contributed by atoms with Crippen molar-refractivity contribution >= 4 is 43.1 Å². The molecular weight excluding hydrogens is 570 g/mol. The maximum atomic E-state index is 13.7. The third-order valence-electron chi connectivity index (χ3n) is 7.68. The molecule has 0 spiro atoms. The van der Waals surface area contributed by atoms with Crippen molar-refractivity contribution in [2.45, 2.75) is 39.9 Å². The summed E-state index contributed by atoms with van der Waals surface area (Å²) >= 11 is 0. The van der Waals surface area contributed by atoms with Gasteiger partial charge in [0.25, 0.3) is 0 Å². The molecule has 0 fully saturated rings. The maximum absolute atomic E-state index is 13.7. The van der Waals surface area contributed by atoms with Gasteiger partial charge in [0.1, 0.15) is 29.8 Å². The largest absolute Gasteiger partial charge is 0.449 e. The molecule has 2 atom stereocenters. The summed E-state index contributed by atoms with van der Waals surface area (Å²) in [5.74, 6) is -0.494. The second-order valence-corrected chi connectivity index (χ2v) is 16.0. The molecule has 0 aliphatic carbocycles. The highest BCUT2D eigenvalue weighted by atomic mass is 31.2. The molecule has 3 aromatic carbocycles. The third kappa shape index (κ3) is 6.63. The van der Waals surface area contributed by atoms with Crippen molar-refractivity contribution in [3.8, 4) is 0 Å². The smallest absolute Gasteiger partial charge is 0.407 e. The van der Waals surface area contributed by atoms with Gasteiger partial charge in [0, 0.05) is 13.3 Å². The van der Waals surface area contributed by atoms with Crippen LogP contribution in [0.1, 0.15) is 34.6 Å². The summed E-state index contributed by atoms with van der Waals surface area (Å²) in [4.78, 5) is 12.9. The Hall–Kier alpha value is -3.02. The highest BCUT2D eigenvalue weighted by Crippen LogP contribution is 2.64. The standard InChI is InChI=1S/C31H39N2O6P2.CH4/c1-4-38-41(36,39-5-2)31(3)26(21-23-33(31)35)25-37-30(34)32-22-24-40(27-15-9-6-10-16-27,28-17-11-7-12-18-28)29-19-13-8-14-20-29;/h6-20,23,26H,4-5,21-22,24-25H2,1-3H3,(H-,32,34,35);1H4/q+1;/p+1/t26-,31+;/m1./s1. The lowest BCUT2D eigenvalue weighted by Crippen LogP contribution is -2.44. The molecule has 226 valence electrons. The van der Waals surface area contributed by atoms with Crippen LogP contribution in [-0.4, -0.2) is 60.1 Å². The fraction of sp³-hybridized carbons (Fsp3) is 0.375. The van der Waals surface area contributed by atoms with E-state index < -0.39 is 32.1 Å². The van der Waals surface area contributed by atoms with Crippen LogP contribution in [0.3, 0.4) is 0 Å². The summed E-state index contributed by atoms with van der Waals surface area (Å²) in [6, 6.07) is 31.4. The van der Waals surface area contributed by atoms with Crippen LogP contribution < -0.4 is 21.2 Å². The number of amides is 1. The van der Waals surface area contributed by atoms with Crippen molar-refractivity contribution in [1.29, 1.82) is 0 Å². The summed E-state index contributed by atoms with van der Waals surface area (Å²) < 4.78 is 31.3. The van der Waals surface area contributed by atoms with E-state index in [1.807, 2.05) is 18.2 Å². The zero-order valence-corrected chi connectivity index (χ0v) is 25.7. The number of ether oxygens (including phenoxy) is 1. The van der Waals surface area contributed by atoms with Crippen LogP contribution in [-0.2, 0) is 18.3 Å². The van der Waals surface area contributed by atoms with Crippen molar-refractivity contribution in [2.75, 3.05) is 32.5 Å². The molecule has 2 N–H and O–H groups in total. The second-order valence-electron chi connectivity index (χ2n) is 9.95. The molecule has 4 rings (SSSR count). The lowest BCUT2D eigenvalue weighted by atomic mass is 10.0. The molecular formula is C32H44N2O6P2+2. The van der Waals surface area contributed by atoms with E-state index in [-0.39, 0.29) is 27.2 Å². The number of carbonyl (C=O) groups is 1. The van der Waals surface area contributed by atoms with Crippen LogP contribution in [0.15, 0.2) is 91.0 Å². The number of rotatable bonds is 13. The van der Waals surface area contributed by atoms with Crippen LogP contribution >= 0.6 is 14.9 Å². The SMILES string of the molecule is C.CCOP(=O)(OCC)[C@@]1(C)[C@@H](COC(=O)NCC[P+](c2ccccc2)(c2ccccc2)c2ccccc2)CC=[N+]1O. The van der Waals surface area contributed by atoms with Gasteiger partial charge in [-0.1, -0.05) is 62.0 Å². The molecule has 0 radical (unpaired) electrons. The fourth-order valence-electron chi connectivity index (χ4n) is 5.47. The molecule has 8 nitrogen and oxygen atoms in total. The molecule has 3 aromatic rings. The summed E-state index contributed by atoms with van der Waals surface area (Å²) in [7, 11) is -5.86. The first-order valence-electron chi connectivity index (χ1n) is 14.0. The minimum Gasteiger partial charge on any atom is -0.449 e. The average Bonchev–Trinajstić information content (AvgIpc) is 3.30. The van der Waals surface area contributed by atoms with Gasteiger partial charge in [0.2, 0.25) is 0 Å². The number of carbonyl (C=O) groups excluding carboxylic acids is 1. The molecule has 10 heteroatoms. The van der Waals surface area contributed by atoms with Crippen molar-refractivity contribution in [3.63, 3.8) is 0 Å². The number of nitrogens with zero attached hydrogens (tertiary/aromatic N) is 1. The van der Waals surface area contributed by atoms with Gasteiger partial charge >= 0.3 is 19.0 Å². The Bertz CT molecular complexity index is 1250. The highest BCUT2D eigenvalue weighted by molar-refractivity contribution is 7.95. The minimum absolute atomic E-state index is 0. The predicted molar refractivity (Wildman–Crippen MR) is 172 cm³/mol. The molecule has 42 heavy (non-hydrogen) atoms. The van der Waals surface area contributed by atoms with Gasteiger partial charge in [-0.25, -0.2) is 4.79 Å². The molecule has 0 aromatic heterocycles. The maximum Gasteiger partial charge on any atom is 0.407 e. The van der Waals surface area contributed by atoms with Crippen LogP contribution in [0.5, 0.6) is 0 Å². The quantitative estimate of drug-likeness (QED) is 0.143. The van der Waals surface area contributed by atoms with Crippen molar-refractivity contribution in [1.82, 2.24) is 5.32 Å². The highest BCUT2D eigenvalue weighted by Gasteiger charge is 2.66. The number of hydrogen-bond donors (Lipinski definition) is 2. The monoisotopic (exact) mass is 614 g/mol. The summed E-state index contributed by atoms with van der Waals surface area (Å²) in [5, 5.41) is 15.9. The summed E-state index contributed by atoms with van der Waals surface area (Å²) in [5.41, 5.74) is 0. The van der Waals surface area contributed by atoms with Gasteiger partial charge in [0.05, 0.1) is 31.8 Å². The zero-order valence-electron chi connectivity index (χ0n) is 23.9. The number of nitrogens with one attached hydrogen (secondary N) is 1. The van der Waals surface area contributed by atoms with E-state index in [1.54, 1.807) is 20.8 Å². The van der Waals surface area contributed by atoms with E-state index in [9.17, 15) is 14.6 Å². The minimum atomic E-state index is -3.76. The van der Waals surface area contributed by atoms with E-state index in [0.29, 0.717) is 19.1 Å². The van der Waals surface area contributed by atoms with E-state index >= 15 is 0 Å². The Morgan fingerprint density at radius 3 is 1.81 bits per heavy atom. The van der Waals surface area contributed by atoms with Crippen LogP contribution in [0.25, 0.3) is 0 Å². The van der Waals surface area contributed by atoms with Crippen LogP contribution in [0.4, 0.5) is 4.79 Å². The van der Waals surface area contributed by atoms with E-state index in [2.05, 4.69) is 78.1 Å². The topological polar surface area (TPSA) is 97.1 Å². The van der Waals surface area contributed by atoms with E-state index in [0.717, 1.165) is 4.74 Å². The molecule has 0 saturated heterocycles. The van der Waals surface area contributed by atoms with Gasteiger partial charge < -0.3 is 19.1 Å². The normalized spacial score (nSPS) is 18.5. The van der Waals surface area contributed by atoms with Crippen LogP contribution in [0, 0.1) is 5.92 Å². The van der Waals surface area contributed by atoms with Gasteiger partial charge in [-0.05, 0) is 55.0 Å². The Morgan fingerprint density at radius 2 is 1.38 bits per heavy atom. The average molecular weight is 615 g/mol. The Morgan fingerprint density at radius 1 is 0.929 bits per heavy atom. The second kappa shape index (κ2) is 14.9. The van der Waals surface area contributed by atoms with E-state index in [1.165, 1.54) is 22.1 Å². The van der Waals surface area contributed by atoms with Crippen LogP contribution in [0.2, 0.25) is 0 Å². The Balaban J connectivity index is 0.00000484. The van der Waals surface area contributed by atoms with Gasteiger partial charge in [-0.3, -0.25) is 9.77 Å². The number of hydrogen-bond acceptors (Lipinski definition) is 6. The molecule has 0 unspecified atom stereocenters. The zero-order chi connectivity index (χ0) is 29.3. The molecule has 0 saturated carbocycles. The summed E-state index contributed by atoms with van der Waals surface area (Å²) in [6.07, 6.45) is 2.01. The molecule has 1 amide bonds. The van der Waals surface area contributed by atoms with Gasteiger partial charge in [-0.2, -0.15) is 0 Å². The Kier molecular flexibility index (Phi) is 11.9. The first kappa shape index (κ1) is 33.5. The number of hydroxylamine groups is 1. The fourth-order valence-corrected chi connectivity index (χ4v) is 11.9. The van der Waals surface area contributed by atoms with Crippen molar-refractivity contribution in [2.24, 2.45) is 5.92 Å². The Labute approximate surface area is 250 Å². The van der Waals surface area contributed by atoms with Gasteiger partial charge in [0.15, 0.2) is 6.21 Å². The van der Waals surface area contributed by atoms with Crippen molar-refractivity contribution in [3.05, 3.63) is 91.0 Å². The molecule has 1 aliphatic heterocycles. The lowest BCUT2D eigenvalue weighted by Gasteiger charge is -2.31. The predicted octanol–water partition coefficient (Wildman–Crippen LogP) is 5.82. The third-order valence-corrected chi connectivity index (χ3v) is 15.0.